The third kappa shape index (κ3) is 12.6. The summed E-state index contributed by atoms with van der Waals surface area (Å²) in [5, 5.41) is 3.61. The number of carbonyl (C=O) groups excluding carboxylic acids is 16. The number of hydrazine groups is 2. The molecule has 8 heterocycles. The summed E-state index contributed by atoms with van der Waals surface area (Å²) >= 11 is 0. The van der Waals surface area contributed by atoms with Crippen LogP contribution in [0.1, 0.15) is 337 Å². The molecule has 4 unspecified atom stereocenters. The van der Waals surface area contributed by atoms with Gasteiger partial charge in [-0.15, -0.1) is 0 Å². The van der Waals surface area contributed by atoms with Gasteiger partial charge in [0.1, 0.15) is 0 Å². The van der Waals surface area contributed by atoms with E-state index in [4.69, 9.17) is 10.6 Å². The standard InChI is InChI=1S/C44H42N4O8.C22H23N3O4.C22H21NO5/c1-5-8-10-11-12-23(4)46-39(51)27-16-20-31-36-32(21-17-28(34(27)36)40(46)52)44(56)48(43(31)55)47-41(53)29-18-14-25-33-26(15-19-30(35(29)33)42(47)54)38(50)45(37(25)49)22-24(7-3)13-9-6-2;1-3-4-5-6-7-12(2)24-19(26)13-8-10-15-18-16(22(29)25(23)21(15)28)11-9-14(17(13)18)20(24)27;1-3-5-6-12(4-2)11-23-19(24)13-7-9-15-18-16(22(27)28-21(15)26)10-8-14(17(13)18)20(23)25/h14-21,23-24H,5-13,22H2,1-4H3;8-12H,3-7,23H2,1-2H3;7-10,12H,3-6,11H2,1-2H3. The van der Waals surface area contributed by atoms with Gasteiger partial charge in [-0.05, 0) is 148 Å². The van der Waals surface area contributed by atoms with Crippen LogP contribution in [0.25, 0.3) is 43.1 Å². The van der Waals surface area contributed by atoms with Gasteiger partial charge in [0.05, 0.1) is 44.5 Å². The molecule has 4 atom stereocenters. The van der Waals surface area contributed by atoms with Crippen molar-refractivity contribution < 1.29 is 81.4 Å². The number of ether oxygens (including phenoxy) is 1. The fraction of sp³-hybridized carbons (Fsp3) is 0.364. The molecule has 16 rings (SSSR count). The van der Waals surface area contributed by atoms with Crippen molar-refractivity contribution in [2.45, 2.75) is 183 Å². The predicted molar refractivity (Wildman–Crippen MR) is 416 cm³/mol. The van der Waals surface area contributed by atoms with E-state index in [1.807, 2.05) is 20.8 Å². The van der Waals surface area contributed by atoms with E-state index in [0.29, 0.717) is 71.8 Å². The number of nitrogens with two attached hydrogens (primary N) is 1. The lowest BCUT2D eigenvalue weighted by atomic mass is 9.85. The lowest BCUT2D eigenvalue weighted by Crippen LogP contribution is -2.58. The number of imide groups is 7. The quantitative estimate of drug-likeness (QED) is 0.0139. The maximum absolute atomic E-state index is 14.3. The van der Waals surface area contributed by atoms with Crippen LogP contribution in [0.2, 0.25) is 0 Å². The van der Waals surface area contributed by atoms with Gasteiger partial charge in [-0.25, -0.2) is 20.4 Å². The molecule has 25 nitrogen and oxygen atoms in total. The molecule has 2 N–H and O–H groups in total. The number of carbonyl (C=O) groups is 16. The molecule has 0 fully saturated rings. The molecule has 8 aromatic rings. The first kappa shape index (κ1) is 77.6. The summed E-state index contributed by atoms with van der Waals surface area (Å²) in [6.45, 7) is 16.9. The van der Waals surface area contributed by atoms with Crippen molar-refractivity contribution in [3.05, 3.63) is 186 Å². The summed E-state index contributed by atoms with van der Waals surface area (Å²) in [7, 11) is 0. The lowest BCUT2D eigenvalue weighted by Gasteiger charge is -2.38. The van der Waals surface area contributed by atoms with Crippen LogP contribution in [0.15, 0.2) is 97.1 Å². The van der Waals surface area contributed by atoms with E-state index in [1.165, 1.54) is 92.4 Å². The molecule has 580 valence electrons. The second kappa shape index (κ2) is 30.9. The minimum atomic E-state index is -0.983. The van der Waals surface area contributed by atoms with Crippen molar-refractivity contribution >= 4 is 138 Å². The Bertz CT molecular complexity index is 5340. The van der Waals surface area contributed by atoms with Crippen LogP contribution in [0, 0.1) is 11.8 Å². The number of unbranched alkanes of at least 4 members (excludes halogenated alkanes) is 8. The Morgan fingerprint density at radius 2 is 0.487 bits per heavy atom. The van der Waals surface area contributed by atoms with Gasteiger partial charge < -0.3 is 4.74 Å². The fourth-order valence-electron chi connectivity index (χ4n) is 17.3. The van der Waals surface area contributed by atoms with E-state index in [2.05, 4.69) is 34.6 Å². The minimum absolute atomic E-state index is 0.0552. The first-order chi connectivity index (χ1) is 54.3. The predicted octanol–water partition coefficient (Wildman–Crippen LogP) is 14.8. The van der Waals surface area contributed by atoms with Gasteiger partial charge in [-0.2, -0.15) is 10.0 Å². The molecule has 0 saturated heterocycles. The minimum Gasteiger partial charge on any atom is -0.386 e. The average Bonchev–Trinajstić information content (AvgIpc) is 0.732. The molecule has 8 aliphatic rings. The summed E-state index contributed by atoms with van der Waals surface area (Å²) in [5.41, 5.74) is 2.76. The van der Waals surface area contributed by atoms with Crippen LogP contribution in [-0.4, -0.2) is 154 Å². The number of hydrogen-bond donors (Lipinski definition) is 1. The van der Waals surface area contributed by atoms with Crippen LogP contribution in [0.5, 0.6) is 0 Å². The van der Waals surface area contributed by atoms with Crippen LogP contribution < -0.4 is 5.84 Å². The van der Waals surface area contributed by atoms with Crippen molar-refractivity contribution in [3.8, 4) is 0 Å². The highest BCUT2D eigenvalue weighted by Crippen LogP contribution is 2.45. The van der Waals surface area contributed by atoms with E-state index in [-0.39, 0.29) is 142 Å². The van der Waals surface area contributed by atoms with Crippen molar-refractivity contribution in [2.75, 3.05) is 13.1 Å². The van der Waals surface area contributed by atoms with Crippen molar-refractivity contribution in [2.24, 2.45) is 17.7 Å². The van der Waals surface area contributed by atoms with Gasteiger partial charge >= 0.3 is 11.9 Å². The summed E-state index contributed by atoms with van der Waals surface area (Å²) in [4.78, 5) is 220. The number of amides is 14. The molecule has 0 aliphatic carbocycles. The molecular weight excluding hydrogens is 1440 g/mol. The molecule has 8 aromatic carbocycles. The van der Waals surface area contributed by atoms with Gasteiger partial charge in [0.15, 0.2) is 0 Å². The number of nitrogens with zero attached hydrogens (tertiary/aromatic N) is 7. The van der Waals surface area contributed by atoms with E-state index in [0.717, 1.165) is 109 Å². The number of rotatable bonds is 25. The molecule has 113 heavy (non-hydrogen) atoms. The number of benzene rings is 8. The zero-order valence-electron chi connectivity index (χ0n) is 64.3. The van der Waals surface area contributed by atoms with Crippen molar-refractivity contribution in [1.29, 1.82) is 0 Å². The first-order valence-electron chi connectivity index (χ1n) is 39.4. The summed E-state index contributed by atoms with van der Waals surface area (Å²) in [6, 6.07) is 23.0. The highest BCUT2D eigenvalue weighted by atomic mass is 16.6. The van der Waals surface area contributed by atoms with Crippen LogP contribution >= 0.6 is 0 Å². The third-order valence-electron chi connectivity index (χ3n) is 23.6. The Hall–Kier alpha value is -12.1. The smallest absolute Gasteiger partial charge is 0.346 e. The van der Waals surface area contributed by atoms with Gasteiger partial charge in [0.2, 0.25) is 0 Å². The second-order valence-corrected chi connectivity index (χ2v) is 30.4. The largest absolute Gasteiger partial charge is 0.386 e. The van der Waals surface area contributed by atoms with Gasteiger partial charge in [-0.1, -0.05) is 131 Å². The Kier molecular flexibility index (Phi) is 21.2. The molecule has 25 heteroatoms. The Morgan fingerprint density at radius 1 is 0.265 bits per heavy atom. The molecule has 0 aromatic heterocycles. The van der Waals surface area contributed by atoms with E-state index >= 15 is 0 Å². The lowest BCUT2D eigenvalue weighted by molar-refractivity contribution is 0.00211. The van der Waals surface area contributed by atoms with Gasteiger partial charge in [0, 0.05) is 113 Å². The SMILES string of the molecule is CCCCC(CC)CN1C(=O)c2ccc3c4c(ccc(c24)C1=O)C(=O)OC3=O.CCCCCCC(C)N1C(=O)c2ccc3c4c(ccc(c24)C1=O)C(=O)N(N)C3=O.CCCCCCC(C)N1C(=O)c2ccc3c4c(ccc(c24)C1=O)C(=O)N(N1C(=O)c2ccc4c5c(ccc(c25)C1=O)C(=O)N(CC(CC)CCCC)C4=O)C3=O. The molecular formula is C88H86N8O17. The Morgan fingerprint density at radius 3 is 0.735 bits per heavy atom. The maximum atomic E-state index is 14.3. The maximum Gasteiger partial charge on any atom is 0.346 e. The van der Waals surface area contributed by atoms with Gasteiger partial charge in [0.25, 0.3) is 82.7 Å². The highest BCUT2D eigenvalue weighted by Gasteiger charge is 2.50. The van der Waals surface area contributed by atoms with E-state index in [9.17, 15) is 76.7 Å². The summed E-state index contributed by atoms with van der Waals surface area (Å²) < 4.78 is 4.76. The van der Waals surface area contributed by atoms with Crippen molar-refractivity contribution in [3.63, 3.8) is 0 Å². The number of esters is 2. The van der Waals surface area contributed by atoms with Crippen LogP contribution in [0.4, 0.5) is 0 Å². The monoisotopic (exact) mass is 1530 g/mol. The average molecular weight is 1530 g/mol. The second-order valence-electron chi connectivity index (χ2n) is 30.4. The molecule has 0 radical (unpaired) electrons. The number of cyclic esters (lactones) is 2. The first-order valence-corrected chi connectivity index (χ1v) is 39.4. The normalized spacial score (nSPS) is 17.0. The van der Waals surface area contributed by atoms with E-state index < -0.39 is 71.0 Å². The van der Waals surface area contributed by atoms with Crippen LogP contribution in [-0.2, 0) is 4.74 Å². The molecule has 0 saturated carbocycles. The Labute approximate surface area is 650 Å². The fourth-order valence-corrected chi connectivity index (χ4v) is 17.3. The molecule has 0 spiro atoms. The topological polar surface area (TPSA) is 331 Å². The molecule has 8 aliphatic heterocycles. The van der Waals surface area contributed by atoms with Gasteiger partial charge in [-0.3, -0.25) is 86.7 Å². The summed E-state index contributed by atoms with van der Waals surface area (Å²) in [5.74, 6) is -4.32. The zero-order chi connectivity index (χ0) is 80.6. The number of hydrogen-bond acceptors (Lipinski definition) is 18. The Balaban J connectivity index is 0.000000155. The highest BCUT2D eigenvalue weighted by molar-refractivity contribution is 6.39. The zero-order valence-corrected chi connectivity index (χ0v) is 64.3. The molecule has 14 amide bonds. The van der Waals surface area contributed by atoms with E-state index in [1.54, 1.807) is 24.3 Å². The van der Waals surface area contributed by atoms with Crippen molar-refractivity contribution in [1.82, 2.24) is 34.6 Å². The molecule has 0 bridgehead atoms. The third-order valence-corrected chi connectivity index (χ3v) is 23.6. The summed E-state index contributed by atoms with van der Waals surface area (Å²) in [6.07, 6.45) is 17.2. The van der Waals surface area contributed by atoms with Crippen LogP contribution in [0.3, 0.4) is 0 Å².